The lowest BCUT2D eigenvalue weighted by atomic mass is 9.63. The lowest BCUT2D eigenvalue weighted by Gasteiger charge is -2.38. The van der Waals surface area contributed by atoms with Crippen LogP contribution in [0.1, 0.15) is 54.7 Å². The van der Waals surface area contributed by atoms with Crippen LogP contribution in [0.2, 0.25) is 10.0 Å². The van der Waals surface area contributed by atoms with Gasteiger partial charge >= 0.3 is 12.0 Å². The van der Waals surface area contributed by atoms with Gasteiger partial charge in [-0.15, -0.1) is 0 Å². The number of urea groups is 1. The molecule has 3 aromatic carbocycles. The number of nitrogens with zero attached hydrogens (tertiary/aromatic N) is 1. The maximum atomic E-state index is 14.2. The number of likely N-dealkylation sites (tertiary alicyclic amines) is 1. The zero-order chi connectivity index (χ0) is 28.1. The highest BCUT2D eigenvalue weighted by Crippen LogP contribution is 2.60. The highest BCUT2D eigenvalue weighted by atomic mass is 35.5. The van der Waals surface area contributed by atoms with Crippen molar-refractivity contribution >= 4 is 52.5 Å². The minimum absolute atomic E-state index is 0.119. The van der Waals surface area contributed by atoms with Crippen LogP contribution in [0.3, 0.4) is 0 Å². The van der Waals surface area contributed by atoms with Crippen LogP contribution in [0.25, 0.3) is 0 Å². The fourth-order valence-corrected chi connectivity index (χ4v) is 6.51. The molecule has 1 saturated heterocycles. The molecule has 0 saturated carbocycles. The number of hydrogen-bond donors (Lipinski definition) is 3. The van der Waals surface area contributed by atoms with Gasteiger partial charge in [-0.05, 0) is 77.4 Å². The fraction of sp³-hybridized carbons (Fsp3) is 0.300. The van der Waals surface area contributed by atoms with Crippen molar-refractivity contribution in [1.29, 1.82) is 0 Å². The van der Waals surface area contributed by atoms with Crippen LogP contribution in [-0.4, -0.2) is 34.5 Å². The third-order valence-corrected chi connectivity index (χ3v) is 7.99. The molecule has 0 radical (unpaired) electrons. The van der Waals surface area contributed by atoms with Gasteiger partial charge in [0, 0.05) is 28.0 Å². The highest BCUT2D eigenvalue weighted by molar-refractivity contribution is 6.31. The van der Waals surface area contributed by atoms with Crippen LogP contribution in [0.15, 0.2) is 66.7 Å². The summed E-state index contributed by atoms with van der Waals surface area (Å²) in [4.78, 5) is 41.1. The molecule has 3 amide bonds. The first kappa shape index (κ1) is 27.0. The van der Waals surface area contributed by atoms with E-state index in [4.69, 9.17) is 23.2 Å². The predicted octanol–water partition coefficient (Wildman–Crippen LogP) is 7.22. The van der Waals surface area contributed by atoms with Crippen molar-refractivity contribution in [2.24, 2.45) is 11.3 Å². The molecule has 5 rings (SSSR count). The first-order valence-corrected chi connectivity index (χ1v) is 13.4. The Bertz CT molecular complexity index is 1470. The topological polar surface area (TPSA) is 98.7 Å². The molecular formula is C30H29Cl2N3O4. The zero-order valence-electron chi connectivity index (χ0n) is 21.8. The van der Waals surface area contributed by atoms with E-state index in [1.165, 1.54) is 12.1 Å². The maximum Gasteiger partial charge on any atom is 0.335 e. The second kappa shape index (κ2) is 9.88. The molecule has 7 nitrogen and oxygen atoms in total. The maximum absolute atomic E-state index is 14.2. The third-order valence-electron chi connectivity index (χ3n) is 7.52. The molecule has 3 N–H and O–H groups in total. The summed E-state index contributed by atoms with van der Waals surface area (Å²) < 4.78 is 0. The first-order valence-electron chi connectivity index (χ1n) is 12.7. The standard InChI is InChI=1S/C30H29Cl2N3O4/c1-29(2,3)15-19-16-35(28(39)33-22-10-7-17(8-11-22)26(36)37)25(18-5-4-6-20(31)13-18)30(19)23-12-9-21(32)14-24(23)34-27(30)38/h4-14,19,25H,15-16H2,1-3H3,(H,33,39)(H,34,38)(H,36,37)/t19?,25?,30-/m0/s1. The second-order valence-corrected chi connectivity index (χ2v) is 12.3. The Labute approximate surface area is 237 Å². The van der Waals surface area contributed by atoms with Crippen molar-refractivity contribution in [2.75, 3.05) is 17.2 Å². The molecule has 2 aliphatic heterocycles. The number of rotatable bonds is 4. The van der Waals surface area contributed by atoms with Crippen LogP contribution >= 0.6 is 23.2 Å². The SMILES string of the molecule is CC(C)(C)CC1CN(C(=O)Nc2ccc(C(=O)O)cc2)C(c2cccc(Cl)c2)[C@]12C(=O)Nc1cc(Cl)ccc12. The number of fused-ring (bicyclic) bond motifs is 2. The van der Waals surface area contributed by atoms with Crippen molar-refractivity contribution in [2.45, 2.75) is 38.6 Å². The zero-order valence-corrected chi connectivity index (χ0v) is 23.3. The van der Waals surface area contributed by atoms with Gasteiger partial charge in [-0.2, -0.15) is 0 Å². The molecular weight excluding hydrogens is 537 g/mol. The van der Waals surface area contributed by atoms with E-state index in [0.29, 0.717) is 34.4 Å². The molecule has 1 fully saturated rings. The molecule has 3 atom stereocenters. The summed E-state index contributed by atoms with van der Waals surface area (Å²) in [6.45, 7) is 6.69. The molecule has 3 aromatic rings. The second-order valence-electron chi connectivity index (χ2n) is 11.4. The number of anilines is 2. The van der Waals surface area contributed by atoms with Gasteiger partial charge < -0.3 is 20.6 Å². The van der Waals surface area contributed by atoms with Crippen LogP contribution in [0, 0.1) is 11.3 Å². The van der Waals surface area contributed by atoms with E-state index in [0.717, 1.165) is 11.1 Å². The van der Waals surface area contributed by atoms with Gasteiger partial charge in [-0.1, -0.05) is 62.2 Å². The number of hydrogen-bond acceptors (Lipinski definition) is 3. The summed E-state index contributed by atoms with van der Waals surface area (Å²) >= 11 is 12.7. The summed E-state index contributed by atoms with van der Waals surface area (Å²) in [5, 5.41) is 16.2. The molecule has 1 spiro atoms. The smallest absolute Gasteiger partial charge is 0.335 e. The Morgan fingerprint density at radius 3 is 2.38 bits per heavy atom. The van der Waals surface area contributed by atoms with Crippen LogP contribution in [0.5, 0.6) is 0 Å². The van der Waals surface area contributed by atoms with Crippen molar-refractivity contribution in [3.05, 3.63) is 93.5 Å². The normalized spacial score (nSPS) is 22.1. The number of halogens is 2. The average molecular weight is 566 g/mol. The Kier molecular flexibility index (Phi) is 6.85. The van der Waals surface area contributed by atoms with Gasteiger partial charge in [0.15, 0.2) is 0 Å². The lowest BCUT2D eigenvalue weighted by molar-refractivity contribution is -0.123. The Hall–Kier alpha value is -3.55. The molecule has 2 aliphatic rings. The van der Waals surface area contributed by atoms with Gasteiger partial charge in [0.25, 0.3) is 0 Å². The molecule has 2 heterocycles. The minimum Gasteiger partial charge on any atom is -0.478 e. The predicted molar refractivity (Wildman–Crippen MR) is 153 cm³/mol. The number of amides is 3. The van der Waals surface area contributed by atoms with Gasteiger partial charge in [-0.25, -0.2) is 9.59 Å². The van der Waals surface area contributed by atoms with E-state index in [1.54, 1.807) is 41.3 Å². The Morgan fingerprint density at radius 2 is 1.74 bits per heavy atom. The molecule has 2 unspecified atom stereocenters. The largest absolute Gasteiger partial charge is 0.478 e. The monoisotopic (exact) mass is 565 g/mol. The summed E-state index contributed by atoms with van der Waals surface area (Å²) in [7, 11) is 0. The first-order chi connectivity index (χ1) is 18.4. The van der Waals surface area contributed by atoms with Crippen molar-refractivity contribution < 1.29 is 19.5 Å². The number of nitrogens with one attached hydrogen (secondary N) is 2. The van der Waals surface area contributed by atoms with Crippen molar-refractivity contribution in [3.8, 4) is 0 Å². The van der Waals surface area contributed by atoms with Crippen LogP contribution in [-0.2, 0) is 10.2 Å². The molecule has 202 valence electrons. The average Bonchev–Trinajstić information content (AvgIpc) is 3.33. The summed E-state index contributed by atoms with van der Waals surface area (Å²) in [5.41, 5.74) is 1.54. The van der Waals surface area contributed by atoms with E-state index < -0.39 is 23.5 Å². The fourth-order valence-electron chi connectivity index (χ4n) is 6.14. The molecule has 9 heteroatoms. The number of carbonyl (C=O) groups excluding carboxylic acids is 2. The Balaban J connectivity index is 1.66. The lowest BCUT2D eigenvalue weighted by Crippen LogP contribution is -2.46. The van der Waals surface area contributed by atoms with Crippen LogP contribution < -0.4 is 10.6 Å². The number of carboxylic acid groups (broad SMARTS) is 1. The molecule has 0 aromatic heterocycles. The van der Waals surface area contributed by atoms with E-state index in [9.17, 15) is 19.5 Å². The van der Waals surface area contributed by atoms with E-state index in [1.807, 2.05) is 18.2 Å². The number of benzene rings is 3. The summed E-state index contributed by atoms with van der Waals surface area (Å²) in [6, 6.07) is 17.6. The third kappa shape index (κ3) is 4.85. The van der Waals surface area contributed by atoms with Gasteiger partial charge in [0.05, 0.1) is 11.6 Å². The van der Waals surface area contributed by atoms with Gasteiger partial charge in [-0.3, -0.25) is 4.79 Å². The number of carbonyl (C=O) groups is 3. The van der Waals surface area contributed by atoms with E-state index in [2.05, 4.69) is 31.4 Å². The molecule has 0 aliphatic carbocycles. The molecule has 39 heavy (non-hydrogen) atoms. The minimum atomic E-state index is -1.08. The van der Waals surface area contributed by atoms with Gasteiger partial charge in [0.2, 0.25) is 5.91 Å². The highest BCUT2D eigenvalue weighted by Gasteiger charge is 2.65. The summed E-state index contributed by atoms with van der Waals surface area (Å²) in [6.07, 6.45) is 0.677. The number of carboxylic acids is 1. The van der Waals surface area contributed by atoms with Gasteiger partial charge in [0.1, 0.15) is 5.41 Å². The van der Waals surface area contributed by atoms with E-state index in [-0.39, 0.29) is 22.8 Å². The molecule has 0 bridgehead atoms. The van der Waals surface area contributed by atoms with Crippen molar-refractivity contribution in [3.63, 3.8) is 0 Å². The van der Waals surface area contributed by atoms with E-state index >= 15 is 0 Å². The summed E-state index contributed by atoms with van der Waals surface area (Å²) in [5.74, 6) is -1.45. The number of aromatic carboxylic acids is 1. The Morgan fingerprint density at radius 1 is 1.05 bits per heavy atom. The van der Waals surface area contributed by atoms with Crippen molar-refractivity contribution in [1.82, 2.24) is 4.90 Å². The van der Waals surface area contributed by atoms with Crippen LogP contribution in [0.4, 0.5) is 16.2 Å². The quantitative estimate of drug-likeness (QED) is 0.311.